The molecule has 3 N–H and O–H groups in total. The van der Waals surface area contributed by atoms with Crippen LogP contribution < -0.4 is 15.8 Å². The molecule has 0 aliphatic carbocycles. The summed E-state index contributed by atoms with van der Waals surface area (Å²) in [5, 5.41) is 2.52. The number of hydrogen-bond donors (Lipinski definition) is 2. The van der Waals surface area contributed by atoms with E-state index in [0.717, 1.165) is 12.1 Å². The number of nitrogens with one attached hydrogen (secondary N) is 1. The van der Waals surface area contributed by atoms with Gasteiger partial charge in [-0.1, -0.05) is 0 Å². The van der Waals surface area contributed by atoms with Crippen LogP contribution in [0.5, 0.6) is 5.75 Å². The van der Waals surface area contributed by atoms with Gasteiger partial charge < -0.3 is 15.8 Å². The summed E-state index contributed by atoms with van der Waals surface area (Å²) in [4.78, 5) is 11.1. The molecule has 0 radical (unpaired) electrons. The van der Waals surface area contributed by atoms with Gasteiger partial charge in [-0.15, -0.1) is 12.4 Å². The fourth-order valence-corrected chi connectivity index (χ4v) is 1.24. The van der Waals surface area contributed by atoms with Crippen molar-refractivity contribution >= 4 is 18.3 Å². The summed E-state index contributed by atoms with van der Waals surface area (Å²) in [7, 11) is 0. The summed E-state index contributed by atoms with van der Waals surface area (Å²) in [6.45, 7) is 1.94. The van der Waals surface area contributed by atoms with Crippen molar-refractivity contribution in [3.05, 3.63) is 29.8 Å². The molecule has 1 aromatic carbocycles. The van der Waals surface area contributed by atoms with Gasteiger partial charge in [-0.3, -0.25) is 4.79 Å². The predicted molar refractivity (Wildman–Crippen MR) is 70.8 cm³/mol. The molecule has 1 atom stereocenters. The Morgan fingerprint density at radius 3 is 2.35 bits per heavy atom. The summed E-state index contributed by atoms with van der Waals surface area (Å²) < 4.78 is 42.1. The molecule has 4 nitrogen and oxygen atoms in total. The Morgan fingerprint density at radius 2 is 1.90 bits per heavy atom. The van der Waals surface area contributed by atoms with E-state index in [0.29, 0.717) is 5.75 Å². The van der Waals surface area contributed by atoms with E-state index in [1.807, 2.05) is 0 Å². The third-order valence-corrected chi connectivity index (χ3v) is 2.27. The smallest absolute Gasteiger partial charge is 0.416 e. The monoisotopic (exact) mass is 312 g/mol. The van der Waals surface area contributed by atoms with Crippen LogP contribution in [0.15, 0.2) is 24.3 Å². The molecule has 0 fully saturated rings. The molecule has 0 aliphatic heterocycles. The van der Waals surface area contributed by atoms with Gasteiger partial charge >= 0.3 is 6.18 Å². The fourth-order valence-electron chi connectivity index (χ4n) is 1.24. The number of amides is 1. The molecule has 0 heterocycles. The van der Waals surface area contributed by atoms with E-state index >= 15 is 0 Å². The topological polar surface area (TPSA) is 64.4 Å². The number of nitrogens with two attached hydrogens (primary N) is 1. The Balaban J connectivity index is 0.00000361. The van der Waals surface area contributed by atoms with Gasteiger partial charge in [0.1, 0.15) is 12.4 Å². The van der Waals surface area contributed by atoms with Crippen LogP contribution in [-0.4, -0.2) is 25.1 Å². The Hall–Kier alpha value is -1.47. The average molecular weight is 313 g/mol. The summed E-state index contributed by atoms with van der Waals surface area (Å²) in [6.07, 6.45) is -4.36. The molecular weight excluding hydrogens is 297 g/mol. The van der Waals surface area contributed by atoms with Crippen molar-refractivity contribution in [2.75, 3.05) is 13.2 Å². The molecule has 0 saturated heterocycles. The van der Waals surface area contributed by atoms with E-state index in [1.54, 1.807) is 6.92 Å². The lowest BCUT2D eigenvalue weighted by atomic mass is 10.2. The number of carbonyl (C=O) groups excluding carboxylic acids is 1. The molecule has 0 aliphatic rings. The summed E-state index contributed by atoms with van der Waals surface area (Å²) in [6, 6.07) is 3.74. The summed E-state index contributed by atoms with van der Waals surface area (Å²) in [5.74, 6) is -0.000865. The van der Waals surface area contributed by atoms with Gasteiger partial charge in [-0.05, 0) is 31.2 Å². The molecule has 0 spiro atoms. The van der Waals surface area contributed by atoms with Crippen molar-refractivity contribution in [3.8, 4) is 5.75 Å². The highest BCUT2D eigenvalue weighted by molar-refractivity contribution is 5.85. The standard InChI is InChI=1S/C12H15F3N2O2.ClH/c1-8(16)11(18)17-6-7-19-10-4-2-9(3-5-10)12(13,14)15;/h2-5,8H,6-7,16H2,1H3,(H,17,18);1H/t8-;/m1./s1. The van der Waals surface area contributed by atoms with Crippen molar-refractivity contribution in [2.24, 2.45) is 5.73 Å². The van der Waals surface area contributed by atoms with Crippen LogP contribution in [0.2, 0.25) is 0 Å². The molecule has 1 amide bonds. The zero-order chi connectivity index (χ0) is 14.5. The Labute approximate surface area is 120 Å². The molecule has 114 valence electrons. The first kappa shape index (κ1) is 18.5. The first-order chi connectivity index (χ1) is 8.80. The van der Waals surface area contributed by atoms with Crippen LogP contribution >= 0.6 is 12.4 Å². The molecule has 1 rings (SSSR count). The second kappa shape index (κ2) is 7.96. The Bertz CT molecular complexity index is 422. The van der Waals surface area contributed by atoms with E-state index in [-0.39, 0.29) is 31.5 Å². The van der Waals surface area contributed by atoms with Crippen LogP contribution in [-0.2, 0) is 11.0 Å². The summed E-state index contributed by atoms with van der Waals surface area (Å²) in [5.41, 5.74) is 4.60. The van der Waals surface area contributed by atoms with Crippen LogP contribution in [0.1, 0.15) is 12.5 Å². The zero-order valence-electron chi connectivity index (χ0n) is 10.7. The first-order valence-electron chi connectivity index (χ1n) is 5.64. The van der Waals surface area contributed by atoms with Gasteiger partial charge in [0.15, 0.2) is 0 Å². The van der Waals surface area contributed by atoms with E-state index in [1.165, 1.54) is 12.1 Å². The Morgan fingerprint density at radius 1 is 1.35 bits per heavy atom. The highest BCUT2D eigenvalue weighted by atomic mass is 35.5. The highest BCUT2D eigenvalue weighted by Crippen LogP contribution is 2.30. The van der Waals surface area contributed by atoms with Crippen molar-refractivity contribution in [3.63, 3.8) is 0 Å². The predicted octanol–water partition coefficient (Wildman–Crippen LogP) is 1.97. The van der Waals surface area contributed by atoms with Crippen LogP contribution in [0.25, 0.3) is 0 Å². The third-order valence-electron chi connectivity index (χ3n) is 2.27. The maximum absolute atomic E-state index is 12.3. The van der Waals surface area contributed by atoms with Crippen molar-refractivity contribution < 1.29 is 22.7 Å². The van der Waals surface area contributed by atoms with E-state index in [9.17, 15) is 18.0 Å². The Kier molecular flexibility index (Phi) is 7.38. The largest absolute Gasteiger partial charge is 0.492 e. The lowest BCUT2D eigenvalue weighted by Gasteiger charge is -2.10. The number of alkyl halides is 3. The average Bonchev–Trinajstić information content (AvgIpc) is 2.33. The molecule has 8 heteroatoms. The molecule has 1 aromatic rings. The maximum Gasteiger partial charge on any atom is 0.416 e. The van der Waals surface area contributed by atoms with Crippen LogP contribution in [0, 0.1) is 0 Å². The minimum absolute atomic E-state index is 0. The van der Waals surface area contributed by atoms with Gasteiger partial charge in [0.05, 0.1) is 18.2 Å². The van der Waals surface area contributed by atoms with E-state index in [4.69, 9.17) is 10.5 Å². The van der Waals surface area contributed by atoms with Crippen LogP contribution in [0.4, 0.5) is 13.2 Å². The lowest BCUT2D eigenvalue weighted by molar-refractivity contribution is -0.137. The van der Waals surface area contributed by atoms with Crippen molar-refractivity contribution in [1.29, 1.82) is 0 Å². The number of benzene rings is 1. The number of carbonyl (C=O) groups is 1. The van der Waals surface area contributed by atoms with E-state index in [2.05, 4.69) is 5.32 Å². The molecule has 0 unspecified atom stereocenters. The van der Waals surface area contributed by atoms with Gasteiger partial charge in [-0.2, -0.15) is 13.2 Å². The molecule has 0 aromatic heterocycles. The zero-order valence-corrected chi connectivity index (χ0v) is 11.6. The number of rotatable bonds is 5. The maximum atomic E-state index is 12.3. The highest BCUT2D eigenvalue weighted by Gasteiger charge is 2.29. The van der Waals surface area contributed by atoms with Crippen molar-refractivity contribution in [1.82, 2.24) is 5.32 Å². The second-order valence-electron chi connectivity index (χ2n) is 3.95. The lowest BCUT2D eigenvalue weighted by Crippen LogP contribution is -2.40. The fraction of sp³-hybridized carbons (Fsp3) is 0.417. The number of hydrogen-bond acceptors (Lipinski definition) is 3. The minimum atomic E-state index is -4.36. The quantitative estimate of drug-likeness (QED) is 0.817. The van der Waals surface area contributed by atoms with Crippen LogP contribution in [0.3, 0.4) is 0 Å². The minimum Gasteiger partial charge on any atom is -0.492 e. The normalized spacial score (nSPS) is 12.2. The van der Waals surface area contributed by atoms with Gasteiger partial charge in [-0.25, -0.2) is 0 Å². The first-order valence-corrected chi connectivity index (χ1v) is 5.64. The number of halogens is 4. The molecular formula is C12H16ClF3N2O2. The van der Waals surface area contributed by atoms with Gasteiger partial charge in [0.25, 0.3) is 0 Å². The molecule has 20 heavy (non-hydrogen) atoms. The SMILES string of the molecule is C[C@@H](N)C(=O)NCCOc1ccc(C(F)(F)F)cc1.Cl. The van der Waals surface area contributed by atoms with Crippen molar-refractivity contribution in [2.45, 2.75) is 19.1 Å². The van der Waals surface area contributed by atoms with E-state index < -0.39 is 17.8 Å². The number of ether oxygens (including phenoxy) is 1. The van der Waals surface area contributed by atoms with Gasteiger partial charge in [0.2, 0.25) is 5.91 Å². The summed E-state index contributed by atoms with van der Waals surface area (Å²) >= 11 is 0. The molecule has 0 saturated carbocycles. The second-order valence-corrected chi connectivity index (χ2v) is 3.95. The third kappa shape index (κ3) is 6.12. The van der Waals surface area contributed by atoms with Gasteiger partial charge in [0, 0.05) is 0 Å². The molecule has 0 bridgehead atoms.